The number of amides is 2. The molecule has 0 saturated heterocycles. The number of nitrogens with two attached hydrogens (primary N) is 1. The van der Waals surface area contributed by atoms with Gasteiger partial charge in [0, 0.05) is 0 Å². The Morgan fingerprint density at radius 1 is 0.931 bits per heavy atom. The minimum absolute atomic E-state index is 0.0734. The molecule has 0 aliphatic carbocycles. The zero-order chi connectivity index (χ0) is 21.4. The highest BCUT2D eigenvalue weighted by Gasteiger charge is 2.17. The third-order valence-corrected chi connectivity index (χ3v) is 3.79. The number of primary amides is 1. The summed E-state index contributed by atoms with van der Waals surface area (Å²) in [6.45, 7) is -0.349. The second kappa shape index (κ2) is 9.88. The molecular formula is C20H20N2O7. The number of hydrogen-bond donors (Lipinski definition) is 2. The fraction of sp³-hybridized carbons (Fsp3) is 0.200. The van der Waals surface area contributed by atoms with Crippen molar-refractivity contribution in [2.45, 2.75) is 6.42 Å². The number of hydrogen-bond acceptors (Lipinski definition) is 7. The molecule has 0 atom stereocenters. The van der Waals surface area contributed by atoms with Crippen LogP contribution in [0.25, 0.3) is 0 Å². The van der Waals surface area contributed by atoms with E-state index in [0.29, 0.717) is 5.75 Å². The smallest absolute Gasteiger partial charge is 0.339 e. The van der Waals surface area contributed by atoms with Gasteiger partial charge < -0.3 is 25.3 Å². The average molecular weight is 400 g/mol. The Kier molecular flexibility index (Phi) is 7.30. The van der Waals surface area contributed by atoms with Gasteiger partial charge in [-0.1, -0.05) is 12.1 Å². The Hall–Kier alpha value is -3.88. The van der Waals surface area contributed by atoms with Crippen LogP contribution in [-0.4, -0.2) is 44.6 Å². The van der Waals surface area contributed by atoms with Crippen LogP contribution in [0.15, 0.2) is 42.5 Å². The van der Waals surface area contributed by atoms with Crippen LogP contribution in [0.2, 0.25) is 0 Å². The van der Waals surface area contributed by atoms with Crippen LogP contribution in [0.1, 0.15) is 26.3 Å². The summed E-state index contributed by atoms with van der Waals surface area (Å²) in [7, 11) is 2.42. The van der Waals surface area contributed by atoms with E-state index >= 15 is 0 Å². The van der Waals surface area contributed by atoms with E-state index < -0.39 is 23.8 Å². The standard InChI is InChI=1S/C20H20N2O7/c1-27-19(25)13-5-8-15(20(26)28-2)16(10-13)22-18(24)11-29-14-6-3-12(4-7-14)9-17(21)23/h3-8,10H,9,11H2,1-2H3,(H2,21,23)(H,22,24). The van der Waals surface area contributed by atoms with Gasteiger partial charge in [-0.05, 0) is 35.9 Å². The molecule has 0 unspecified atom stereocenters. The molecule has 2 aromatic carbocycles. The van der Waals surface area contributed by atoms with Gasteiger partial charge in [-0.2, -0.15) is 0 Å². The fourth-order valence-electron chi connectivity index (χ4n) is 2.42. The molecule has 0 radical (unpaired) electrons. The Bertz CT molecular complexity index is 923. The molecule has 0 aliphatic rings. The Labute approximate surface area is 166 Å². The van der Waals surface area contributed by atoms with E-state index in [1.54, 1.807) is 24.3 Å². The summed E-state index contributed by atoms with van der Waals surface area (Å²) in [6, 6.07) is 10.6. The van der Waals surface area contributed by atoms with Crippen molar-refractivity contribution in [2.24, 2.45) is 5.73 Å². The lowest BCUT2D eigenvalue weighted by molar-refractivity contribution is -0.118. The normalized spacial score (nSPS) is 10.0. The van der Waals surface area contributed by atoms with Gasteiger partial charge in [0.1, 0.15) is 5.75 Å². The van der Waals surface area contributed by atoms with Crippen molar-refractivity contribution in [3.63, 3.8) is 0 Å². The lowest BCUT2D eigenvalue weighted by atomic mass is 10.1. The van der Waals surface area contributed by atoms with Gasteiger partial charge in [-0.15, -0.1) is 0 Å². The molecule has 0 aliphatic heterocycles. The molecular weight excluding hydrogens is 380 g/mol. The van der Waals surface area contributed by atoms with Gasteiger partial charge >= 0.3 is 11.9 Å². The third-order valence-electron chi connectivity index (χ3n) is 3.79. The number of anilines is 1. The summed E-state index contributed by atoms with van der Waals surface area (Å²) in [6.07, 6.45) is 0.105. The maximum Gasteiger partial charge on any atom is 0.339 e. The molecule has 0 spiro atoms. The Balaban J connectivity index is 2.07. The predicted molar refractivity (Wildman–Crippen MR) is 103 cm³/mol. The van der Waals surface area contributed by atoms with Crippen molar-refractivity contribution in [2.75, 3.05) is 26.1 Å². The quantitative estimate of drug-likeness (QED) is 0.638. The number of carbonyl (C=O) groups excluding carboxylic acids is 4. The molecule has 0 heterocycles. The van der Waals surface area contributed by atoms with E-state index in [1.165, 1.54) is 32.4 Å². The van der Waals surface area contributed by atoms with E-state index in [2.05, 4.69) is 14.8 Å². The van der Waals surface area contributed by atoms with E-state index in [4.69, 9.17) is 10.5 Å². The minimum Gasteiger partial charge on any atom is -0.484 e. The van der Waals surface area contributed by atoms with Crippen molar-refractivity contribution in [3.05, 3.63) is 59.2 Å². The van der Waals surface area contributed by atoms with E-state index in [0.717, 1.165) is 5.56 Å². The van der Waals surface area contributed by atoms with Gasteiger partial charge in [-0.3, -0.25) is 9.59 Å². The molecule has 152 valence electrons. The van der Waals surface area contributed by atoms with Crippen molar-refractivity contribution in [1.82, 2.24) is 0 Å². The van der Waals surface area contributed by atoms with Crippen LogP contribution in [0.5, 0.6) is 5.75 Å². The molecule has 2 amide bonds. The Morgan fingerprint density at radius 3 is 2.17 bits per heavy atom. The molecule has 0 bridgehead atoms. The largest absolute Gasteiger partial charge is 0.484 e. The number of esters is 2. The van der Waals surface area contributed by atoms with Crippen LogP contribution in [0, 0.1) is 0 Å². The van der Waals surface area contributed by atoms with Crippen LogP contribution in [-0.2, 0) is 25.5 Å². The summed E-state index contributed by atoms with van der Waals surface area (Å²) >= 11 is 0. The van der Waals surface area contributed by atoms with Crippen LogP contribution in [0.4, 0.5) is 5.69 Å². The van der Waals surface area contributed by atoms with E-state index in [1.807, 2.05) is 0 Å². The van der Waals surface area contributed by atoms with Crippen molar-refractivity contribution < 1.29 is 33.4 Å². The van der Waals surface area contributed by atoms with Gasteiger partial charge in [0.15, 0.2) is 6.61 Å². The highest BCUT2D eigenvalue weighted by molar-refractivity contribution is 6.03. The fourth-order valence-corrected chi connectivity index (χ4v) is 2.42. The second-order valence-electron chi connectivity index (χ2n) is 5.87. The highest BCUT2D eigenvalue weighted by Crippen LogP contribution is 2.20. The molecule has 3 N–H and O–H groups in total. The predicted octanol–water partition coefficient (Wildman–Crippen LogP) is 1.31. The molecule has 0 saturated carbocycles. The first-order valence-corrected chi connectivity index (χ1v) is 8.44. The first kappa shape index (κ1) is 21.4. The van der Waals surface area contributed by atoms with E-state index in [9.17, 15) is 19.2 Å². The highest BCUT2D eigenvalue weighted by atomic mass is 16.5. The van der Waals surface area contributed by atoms with Crippen LogP contribution >= 0.6 is 0 Å². The number of carbonyl (C=O) groups is 4. The summed E-state index contributed by atoms with van der Waals surface area (Å²) < 4.78 is 14.7. The summed E-state index contributed by atoms with van der Waals surface area (Å²) in [4.78, 5) is 46.8. The molecule has 2 rings (SSSR count). The number of benzene rings is 2. The lowest BCUT2D eigenvalue weighted by Crippen LogP contribution is -2.22. The van der Waals surface area contributed by atoms with Crippen molar-refractivity contribution in [3.8, 4) is 5.75 Å². The maximum absolute atomic E-state index is 12.2. The topological polar surface area (TPSA) is 134 Å². The number of nitrogens with one attached hydrogen (secondary N) is 1. The van der Waals surface area contributed by atoms with Gasteiger partial charge in [0.05, 0.1) is 37.5 Å². The summed E-state index contributed by atoms with van der Waals surface area (Å²) in [5.74, 6) is -1.90. The number of ether oxygens (including phenoxy) is 3. The molecule has 2 aromatic rings. The van der Waals surface area contributed by atoms with Gasteiger partial charge in [0.2, 0.25) is 5.91 Å². The van der Waals surface area contributed by atoms with Crippen molar-refractivity contribution >= 4 is 29.4 Å². The maximum atomic E-state index is 12.2. The Morgan fingerprint density at radius 2 is 1.59 bits per heavy atom. The number of rotatable bonds is 8. The molecule has 0 aromatic heterocycles. The van der Waals surface area contributed by atoms with Gasteiger partial charge in [0.25, 0.3) is 5.91 Å². The SMILES string of the molecule is COC(=O)c1ccc(C(=O)OC)c(NC(=O)COc2ccc(CC(N)=O)cc2)c1. The van der Waals surface area contributed by atoms with Gasteiger partial charge in [-0.25, -0.2) is 9.59 Å². The van der Waals surface area contributed by atoms with Crippen LogP contribution in [0.3, 0.4) is 0 Å². The molecule has 0 fully saturated rings. The zero-order valence-electron chi connectivity index (χ0n) is 15.9. The summed E-state index contributed by atoms with van der Waals surface area (Å²) in [5, 5.41) is 2.52. The molecule has 9 nitrogen and oxygen atoms in total. The first-order chi connectivity index (χ1) is 13.8. The molecule has 29 heavy (non-hydrogen) atoms. The minimum atomic E-state index is -0.678. The average Bonchev–Trinajstić information content (AvgIpc) is 2.71. The second-order valence-corrected chi connectivity index (χ2v) is 5.87. The molecule has 9 heteroatoms. The van der Waals surface area contributed by atoms with Crippen LogP contribution < -0.4 is 15.8 Å². The van der Waals surface area contributed by atoms with E-state index in [-0.39, 0.29) is 29.8 Å². The zero-order valence-corrected chi connectivity index (χ0v) is 15.9. The summed E-state index contributed by atoms with van der Waals surface area (Å²) in [5.41, 5.74) is 6.17. The monoisotopic (exact) mass is 400 g/mol. The van der Waals surface area contributed by atoms with Crippen molar-refractivity contribution in [1.29, 1.82) is 0 Å². The lowest BCUT2D eigenvalue weighted by Gasteiger charge is -2.12. The first-order valence-electron chi connectivity index (χ1n) is 8.44. The third kappa shape index (κ3) is 6.06. The number of methoxy groups -OCH3 is 2.